The highest BCUT2D eigenvalue weighted by atomic mass is 35.5. The van der Waals surface area contributed by atoms with Crippen LogP contribution in [0.2, 0.25) is 0 Å². The van der Waals surface area contributed by atoms with Crippen LogP contribution in [-0.4, -0.2) is 44.6 Å². The molecular formula is C10H22Cl2N2O2. The molecule has 0 aromatic heterocycles. The normalized spacial score (nSPS) is 31.3. The van der Waals surface area contributed by atoms with Crippen LogP contribution in [0.25, 0.3) is 0 Å². The molecule has 0 aliphatic carbocycles. The van der Waals surface area contributed by atoms with Crippen LogP contribution in [0.3, 0.4) is 0 Å². The van der Waals surface area contributed by atoms with Gasteiger partial charge in [-0.2, -0.15) is 0 Å². The summed E-state index contributed by atoms with van der Waals surface area (Å²) in [7, 11) is 0. The van der Waals surface area contributed by atoms with Gasteiger partial charge in [-0.15, -0.1) is 24.8 Å². The van der Waals surface area contributed by atoms with E-state index in [0.29, 0.717) is 18.7 Å². The van der Waals surface area contributed by atoms with Crippen molar-refractivity contribution in [2.75, 3.05) is 26.4 Å². The summed E-state index contributed by atoms with van der Waals surface area (Å²) < 4.78 is 10.6. The Morgan fingerprint density at radius 1 is 0.938 bits per heavy atom. The average Bonchev–Trinajstić information content (AvgIpc) is 2.23. The van der Waals surface area contributed by atoms with E-state index in [9.17, 15) is 0 Å². The van der Waals surface area contributed by atoms with Gasteiger partial charge in [0.1, 0.15) is 0 Å². The number of nitrogens with one attached hydrogen (secondary N) is 1. The predicted octanol–water partition coefficient (Wildman–Crippen LogP) is 0.715. The fourth-order valence-electron chi connectivity index (χ4n) is 2.13. The molecule has 2 heterocycles. The van der Waals surface area contributed by atoms with Crippen molar-refractivity contribution >= 4 is 24.8 Å². The second-order valence-electron chi connectivity index (χ2n) is 4.19. The molecule has 2 fully saturated rings. The number of halogens is 2. The van der Waals surface area contributed by atoms with Crippen molar-refractivity contribution in [2.45, 2.75) is 37.4 Å². The Hall–Kier alpha value is 0.420. The van der Waals surface area contributed by atoms with Crippen LogP contribution in [0.1, 0.15) is 19.3 Å². The zero-order valence-electron chi connectivity index (χ0n) is 9.39. The first-order chi connectivity index (χ1) is 6.86. The molecule has 2 aliphatic heterocycles. The summed E-state index contributed by atoms with van der Waals surface area (Å²) in [4.78, 5) is 0. The van der Waals surface area contributed by atoms with E-state index >= 15 is 0 Å². The van der Waals surface area contributed by atoms with Crippen molar-refractivity contribution < 1.29 is 9.47 Å². The Balaban J connectivity index is 0.00000112. The van der Waals surface area contributed by atoms with Crippen molar-refractivity contribution in [3.8, 4) is 0 Å². The maximum Gasteiger partial charge on any atom is 0.0632 e. The van der Waals surface area contributed by atoms with Crippen molar-refractivity contribution in [1.29, 1.82) is 0 Å². The lowest BCUT2D eigenvalue weighted by atomic mass is 10.0. The second-order valence-corrected chi connectivity index (χ2v) is 4.19. The molecular weight excluding hydrogens is 251 g/mol. The van der Waals surface area contributed by atoms with Crippen LogP contribution in [0.15, 0.2) is 0 Å². The Morgan fingerprint density at radius 2 is 1.56 bits per heavy atom. The molecule has 2 saturated heterocycles. The molecule has 0 amide bonds. The molecule has 16 heavy (non-hydrogen) atoms. The maximum absolute atomic E-state index is 5.98. The van der Waals surface area contributed by atoms with Gasteiger partial charge in [0.25, 0.3) is 0 Å². The Kier molecular flexibility index (Phi) is 8.73. The topological polar surface area (TPSA) is 56.5 Å². The third-order valence-corrected chi connectivity index (χ3v) is 3.07. The molecule has 2 rings (SSSR count). The molecule has 98 valence electrons. The van der Waals surface area contributed by atoms with Crippen LogP contribution in [-0.2, 0) is 9.47 Å². The summed E-state index contributed by atoms with van der Waals surface area (Å²) in [6.45, 7) is 3.31. The molecule has 2 aliphatic rings. The van der Waals surface area contributed by atoms with Crippen molar-refractivity contribution in [2.24, 2.45) is 5.73 Å². The highest BCUT2D eigenvalue weighted by Crippen LogP contribution is 2.12. The van der Waals surface area contributed by atoms with Crippen LogP contribution in [0.5, 0.6) is 0 Å². The van der Waals surface area contributed by atoms with Gasteiger partial charge in [0, 0.05) is 37.9 Å². The number of rotatable bonds is 2. The molecule has 0 aromatic rings. The van der Waals surface area contributed by atoms with Gasteiger partial charge in [-0.25, -0.2) is 0 Å². The summed E-state index contributed by atoms with van der Waals surface area (Å²) in [6.07, 6.45) is 3.27. The third-order valence-electron chi connectivity index (χ3n) is 3.07. The van der Waals surface area contributed by atoms with E-state index in [-0.39, 0.29) is 30.9 Å². The average molecular weight is 273 g/mol. The fraction of sp³-hybridized carbons (Fsp3) is 1.00. The van der Waals surface area contributed by atoms with E-state index in [0.717, 1.165) is 39.1 Å². The van der Waals surface area contributed by atoms with E-state index in [1.54, 1.807) is 0 Å². The molecule has 0 radical (unpaired) electrons. The standard InChI is InChI=1S/C10H20N2O2.2ClH/c11-9-7-14-6-3-10(9)12-8-1-4-13-5-2-8;;/h8-10,12H,1-7,11H2;2*1H. The molecule has 4 nitrogen and oxygen atoms in total. The lowest BCUT2D eigenvalue weighted by Crippen LogP contribution is -2.55. The minimum Gasteiger partial charge on any atom is -0.381 e. The Morgan fingerprint density at radius 3 is 2.19 bits per heavy atom. The Labute approximate surface area is 109 Å². The van der Waals surface area contributed by atoms with E-state index in [1.165, 1.54) is 0 Å². The summed E-state index contributed by atoms with van der Waals surface area (Å²) in [5, 5.41) is 3.62. The smallest absolute Gasteiger partial charge is 0.0632 e. The zero-order valence-corrected chi connectivity index (χ0v) is 11.0. The molecule has 2 unspecified atom stereocenters. The number of hydrogen-bond donors (Lipinski definition) is 2. The predicted molar refractivity (Wildman–Crippen MR) is 68.7 cm³/mol. The monoisotopic (exact) mass is 272 g/mol. The van der Waals surface area contributed by atoms with Crippen molar-refractivity contribution in [3.05, 3.63) is 0 Å². The van der Waals surface area contributed by atoms with Crippen molar-refractivity contribution in [1.82, 2.24) is 5.32 Å². The summed E-state index contributed by atoms with van der Waals surface area (Å²) in [5.74, 6) is 0. The minimum absolute atomic E-state index is 0. The highest BCUT2D eigenvalue weighted by molar-refractivity contribution is 5.85. The van der Waals surface area contributed by atoms with E-state index < -0.39 is 0 Å². The molecule has 3 N–H and O–H groups in total. The van der Waals surface area contributed by atoms with Crippen LogP contribution >= 0.6 is 24.8 Å². The summed E-state index contributed by atoms with van der Waals surface area (Å²) in [5.41, 5.74) is 5.98. The van der Waals surface area contributed by atoms with Crippen LogP contribution < -0.4 is 11.1 Å². The number of nitrogens with two attached hydrogens (primary N) is 1. The zero-order chi connectivity index (χ0) is 9.80. The van der Waals surface area contributed by atoms with Gasteiger partial charge in [0.2, 0.25) is 0 Å². The first kappa shape index (κ1) is 16.4. The van der Waals surface area contributed by atoms with Gasteiger partial charge >= 0.3 is 0 Å². The van der Waals surface area contributed by atoms with Gasteiger partial charge in [0.05, 0.1) is 6.61 Å². The summed E-state index contributed by atoms with van der Waals surface area (Å²) in [6, 6.07) is 1.19. The van der Waals surface area contributed by atoms with Gasteiger partial charge in [-0.1, -0.05) is 0 Å². The largest absolute Gasteiger partial charge is 0.381 e. The quantitative estimate of drug-likeness (QED) is 0.778. The number of hydrogen-bond acceptors (Lipinski definition) is 4. The van der Waals surface area contributed by atoms with E-state index in [2.05, 4.69) is 5.32 Å². The minimum atomic E-state index is 0. The van der Waals surface area contributed by atoms with Gasteiger partial charge < -0.3 is 20.5 Å². The molecule has 0 bridgehead atoms. The summed E-state index contributed by atoms with van der Waals surface area (Å²) >= 11 is 0. The van der Waals surface area contributed by atoms with E-state index in [1.807, 2.05) is 0 Å². The van der Waals surface area contributed by atoms with Gasteiger partial charge in [-0.05, 0) is 19.3 Å². The first-order valence-corrected chi connectivity index (χ1v) is 5.53. The second kappa shape index (κ2) is 8.50. The Bertz CT molecular complexity index is 180. The van der Waals surface area contributed by atoms with Crippen LogP contribution in [0.4, 0.5) is 0 Å². The molecule has 6 heteroatoms. The maximum atomic E-state index is 5.98. The lowest BCUT2D eigenvalue weighted by Gasteiger charge is -2.34. The van der Waals surface area contributed by atoms with Crippen molar-refractivity contribution in [3.63, 3.8) is 0 Å². The SMILES string of the molecule is Cl.Cl.NC1COCCC1NC1CCOCC1. The van der Waals surface area contributed by atoms with Gasteiger partial charge in [0.15, 0.2) is 0 Å². The fourth-order valence-corrected chi connectivity index (χ4v) is 2.13. The lowest BCUT2D eigenvalue weighted by molar-refractivity contribution is 0.0417. The van der Waals surface area contributed by atoms with Crippen LogP contribution in [0, 0.1) is 0 Å². The van der Waals surface area contributed by atoms with Gasteiger partial charge in [-0.3, -0.25) is 0 Å². The van der Waals surface area contributed by atoms with E-state index in [4.69, 9.17) is 15.2 Å². The number of ether oxygens (including phenoxy) is 2. The molecule has 0 spiro atoms. The molecule has 0 aromatic carbocycles. The first-order valence-electron chi connectivity index (χ1n) is 5.53. The molecule has 0 saturated carbocycles. The molecule has 2 atom stereocenters. The third kappa shape index (κ3) is 4.73. The highest BCUT2D eigenvalue weighted by Gasteiger charge is 2.25.